The van der Waals surface area contributed by atoms with Crippen LogP contribution in [0.25, 0.3) is 21.9 Å². The average molecular weight is 282 g/mol. The molecule has 2 nitrogen and oxygen atoms in total. The predicted molar refractivity (Wildman–Crippen MR) is 82.4 cm³/mol. The number of para-hydroxylation sites is 1. The van der Waals surface area contributed by atoms with E-state index in [1.807, 2.05) is 42.5 Å². The van der Waals surface area contributed by atoms with Gasteiger partial charge in [0.1, 0.15) is 5.82 Å². The van der Waals surface area contributed by atoms with Crippen LogP contribution < -0.4 is 9.47 Å². The van der Waals surface area contributed by atoms with E-state index < -0.39 is 0 Å². The van der Waals surface area contributed by atoms with Crippen molar-refractivity contribution in [1.29, 1.82) is 0 Å². The number of methoxy groups -OCH3 is 2. The van der Waals surface area contributed by atoms with Gasteiger partial charge in [-0.1, -0.05) is 36.4 Å². The Morgan fingerprint density at radius 2 is 1.48 bits per heavy atom. The second kappa shape index (κ2) is 5.44. The number of rotatable bonds is 3. The van der Waals surface area contributed by atoms with Gasteiger partial charge in [-0.25, -0.2) is 4.39 Å². The number of benzene rings is 3. The summed E-state index contributed by atoms with van der Waals surface area (Å²) in [7, 11) is 3.12. The summed E-state index contributed by atoms with van der Waals surface area (Å²) in [6, 6.07) is 16.5. The highest BCUT2D eigenvalue weighted by molar-refractivity contribution is 5.89. The Balaban J connectivity index is 2.27. The second-order valence-electron chi connectivity index (χ2n) is 4.72. The minimum Gasteiger partial charge on any atom is -0.493 e. The maximum absolute atomic E-state index is 14.5. The SMILES string of the molecule is COc1cccc(-c2cc3ccccc3cc2F)c1OC. The number of ether oxygens (including phenoxy) is 2. The zero-order valence-corrected chi connectivity index (χ0v) is 11.9. The van der Waals surface area contributed by atoms with Crippen LogP contribution in [0, 0.1) is 5.82 Å². The van der Waals surface area contributed by atoms with E-state index in [4.69, 9.17) is 9.47 Å². The molecule has 0 N–H and O–H groups in total. The van der Waals surface area contributed by atoms with E-state index in [9.17, 15) is 4.39 Å². The van der Waals surface area contributed by atoms with Crippen molar-refractivity contribution < 1.29 is 13.9 Å². The van der Waals surface area contributed by atoms with Crippen molar-refractivity contribution in [3.8, 4) is 22.6 Å². The van der Waals surface area contributed by atoms with Crippen LogP contribution in [0.15, 0.2) is 54.6 Å². The van der Waals surface area contributed by atoms with E-state index in [0.717, 1.165) is 10.8 Å². The third-order valence-corrected chi connectivity index (χ3v) is 3.53. The normalized spacial score (nSPS) is 10.6. The van der Waals surface area contributed by atoms with Gasteiger partial charge in [0.15, 0.2) is 11.5 Å². The van der Waals surface area contributed by atoms with Gasteiger partial charge in [0.05, 0.1) is 14.2 Å². The summed E-state index contributed by atoms with van der Waals surface area (Å²) in [5, 5.41) is 1.86. The molecule has 0 atom stereocenters. The maximum Gasteiger partial charge on any atom is 0.168 e. The van der Waals surface area contributed by atoms with Crippen LogP contribution in [0.5, 0.6) is 11.5 Å². The molecule has 0 aliphatic carbocycles. The molecule has 0 aliphatic heterocycles. The Morgan fingerprint density at radius 3 is 2.14 bits per heavy atom. The summed E-state index contributed by atoms with van der Waals surface area (Å²) in [5.41, 5.74) is 1.18. The summed E-state index contributed by atoms with van der Waals surface area (Å²) in [6.07, 6.45) is 0. The lowest BCUT2D eigenvalue weighted by Gasteiger charge is -2.14. The van der Waals surface area contributed by atoms with Gasteiger partial charge in [-0.05, 0) is 29.0 Å². The summed E-state index contributed by atoms with van der Waals surface area (Å²) in [6.45, 7) is 0. The average Bonchev–Trinajstić information content (AvgIpc) is 2.53. The molecule has 0 fully saturated rings. The molecule has 0 amide bonds. The molecule has 0 radical (unpaired) electrons. The lowest BCUT2D eigenvalue weighted by Crippen LogP contribution is -1.94. The standard InChI is InChI=1S/C18H15FO2/c1-20-17-9-5-8-14(18(17)21-2)15-10-12-6-3-4-7-13(12)11-16(15)19/h3-11H,1-2H3. The monoisotopic (exact) mass is 282 g/mol. The van der Waals surface area contributed by atoms with Gasteiger partial charge in [0.2, 0.25) is 0 Å². The fourth-order valence-electron chi connectivity index (χ4n) is 2.52. The number of halogens is 1. The molecule has 21 heavy (non-hydrogen) atoms. The highest BCUT2D eigenvalue weighted by Gasteiger charge is 2.15. The van der Waals surface area contributed by atoms with Gasteiger partial charge in [-0.15, -0.1) is 0 Å². The third-order valence-electron chi connectivity index (χ3n) is 3.53. The summed E-state index contributed by atoms with van der Waals surface area (Å²) < 4.78 is 25.1. The van der Waals surface area contributed by atoms with Crippen molar-refractivity contribution >= 4 is 10.8 Å². The van der Waals surface area contributed by atoms with Gasteiger partial charge >= 0.3 is 0 Å². The molecule has 0 spiro atoms. The lowest BCUT2D eigenvalue weighted by atomic mass is 9.99. The molecule has 0 heterocycles. The Bertz CT molecular complexity index is 796. The van der Waals surface area contributed by atoms with Gasteiger partial charge in [0, 0.05) is 11.1 Å². The van der Waals surface area contributed by atoms with E-state index >= 15 is 0 Å². The van der Waals surface area contributed by atoms with Gasteiger partial charge in [-0.3, -0.25) is 0 Å². The van der Waals surface area contributed by atoms with Gasteiger partial charge < -0.3 is 9.47 Å². The van der Waals surface area contributed by atoms with Crippen LogP contribution in [0.2, 0.25) is 0 Å². The smallest absolute Gasteiger partial charge is 0.168 e. The first kappa shape index (κ1) is 13.4. The van der Waals surface area contributed by atoms with Crippen LogP contribution in [0.4, 0.5) is 4.39 Å². The van der Waals surface area contributed by atoms with Crippen molar-refractivity contribution in [3.63, 3.8) is 0 Å². The van der Waals surface area contributed by atoms with Gasteiger partial charge in [0.25, 0.3) is 0 Å². The zero-order valence-electron chi connectivity index (χ0n) is 11.9. The molecule has 0 aliphatic rings. The van der Waals surface area contributed by atoms with Crippen molar-refractivity contribution in [3.05, 3.63) is 60.4 Å². The van der Waals surface area contributed by atoms with E-state index in [0.29, 0.717) is 22.6 Å². The fourth-order valence-corrected chi connectivity index (χ4v) is 2.52. The molecule has 0 unspecified atom stereocenters. The van der Waals surface area contributed by atoms with Crippen LogP contribution in [0.1, 0.15) is 0 Å². The molecule has 3 aromatic carbocycles. The fraction of sp³-hybridized carbons (Fsp3) is 0.111. The lowest BCUT2D eigenvalue weighted by molar-refractivity contribution is 0.356. The van der Waals surface area contributed by atoms with Crippen LogP contribution in [-0.4, -0.2) is 14.2 Å². The van der Waals surface area contributed by atoms with E-state index in [-0.39, 0.29) is 5.82 Å². The number of hydrogen-bond donors (Lipinski definition) is 0. The predicted octanol–water partition coefficient (Wildman–Crippen LogP) is 4.66. The van der Waals surface area contributed by atoms with Crippen molar-refractivity contribution in [2.45, 2.75) is 0 Å². The first-order valence-electron chi connectivity index (χ1n) is 6.64. The molecule has 3 aromatic rings. The van der Waals surface area contributed by atoms with E-state index in [1.54, 1.807) is 26.4 Å². The highest BCUT2D eigenvalue weighted by Crippen LogP contribution is 2.39. The van der Waals surface area contributed by atoms with Crippen LogP contribution >= 0.6 is 0 Å². The molecule has 0 saturated carbocycles. The minimum absolute atomic E-state index is 0.278. The third kappa shape index (κ3) is 2.31. The first-order valence-corrected chi connectivity index (χ1v) is 6.64. The van der Waals surface area contributed by atoms with Crippen molar-refractivity contribution in [2.75, 3.05) is 14.2 Å². The first-order chi connectivity index (χ1) is 10.2. The quantitative estimate of drug-likeness (QED) is 0.695. The number of fused-ring (bicyclic) bond motifs is 1. The molecule has 0 saturated heterocycles. The van der Waals surface area contributed by atoms with Crippen LogP contribution in [0.3, 0.4) is 0 Å². The molecule has 0 aromatic heterocycles. The Kier molecular flexibility index (Phi) is 3.48. The molecule has 0 bridgehead atoms. The summed E-state index contributed by atoms with van der Waals surface area (Å²) in [5.74, 6) is 0.844. The van der Waals surface area contributed by atoms with Gasteiger partial charge in [-0.2, -0.15) is 0 Å². The maximum atomic E-state index is 14.5. The van der Waals surface area contributed by atoms with E-state index in [1.165, 1.54) is 0 Å². The largest absolute Gasteiger partial charge is 0.493 e. The van der Waals surface area contributed by atoms with Crippen LogP contribution in [-0.2, 0) is 0 Å². The molecular formula is C18H15FO2. The molecule has 3 rings (SSSR count). The Labute approximate surface area is 122 Å². The minimum atomic E-state index is -0.278. The highest BCUT2D eigenvalue weighted by atomic mass is 19.1. The number of hydrogen-bond acceptors (Lipinski definition) is 2. The van der Waals surface area contributed by atoms with Crippen molar-refractivity contribution in [1.82, 2.24) is 0 Å². The van der Waals surface area contributed by atoms with E-state index in [2.05, 4.69) is 0 Å². The molecule has 106 valence electrons. The Hall–Kier alpha value is -2.55. The summed E-state index contributed by atoms with van der Waals surface area (Å²) in [4.78, 5) is 0. The topological polar surface area (TPSA) is 18.5 Å². The second-order valence-corrected chi connectivity index (χ2v) is 4.72. The molecule has 3 heteroatoms. The summed E-state index contributed by atoms with van der Waals surface area (Å²) >= 11 is 0. The molecular weight excluding hydrogens is 267 g/mol. The van der Waals surface area contributed by atoms with Crippen molar-refractivity contribution in [2.24, 2.45) is 0 Å². The zero-order chi connectivity index (χ0) is 14.8. The Morgan fingerprint density at radius 1 is 0.762 bits per heavy atom.